The number of hydrogen-bond donors (Lipinski definition) is 1. The third-order valence-electron chi connectivity index (χ3n) is 9.05. The monoisotopic (exact) mass is 632 g/mol. The molecule has 1 saturated carbocycles. The van der Waals surface area contributed by atoms with Gasteiger partial charge in [0.1, 0.15) is 30.0 Å². The largest absolute Gasteiger partial charge is 0.497 e. The zero-order chi connectivity index (χ0) is 32.7. The zero-order valence-corrected chi connectivity index (χ0v) is 26.6. The maximum absolute atomic E-state index is 16.0. The number of carbonyl (C=O) groups is 3. The van der Waals surface area contributed by atoms with Crippen LogP contribution in [0.2, 0.25) is 0 Å². The number of carbonyl (C=O) groups excluding carboxylic acids is 3. The lowest BCUT2D eigenvalue weighted by Crippen LogP contribution is -2.57. The Balaban J connectivity index is 1.60. The number of alkyl carbamates (subject to hydrolysis) is 1. The molecule has 2 aromatic rings. The van der Waals surface area contributed by atoms with E-state index in [1.54, 1.807) is 39.0 Å². The molecular formula is C32H42F2N4O7. The van der Waals surface area contributed by atoms with Crippen LogP contribution in [0, 0.1) is 17.3 Å². The molecule has 45 heavy (non-hydrogen) atoms. The highest BCUT2D eigenvalue weighted by Gasteiger charge is 2.53. The van der Waals surface area contributed by atoms with E-state index in [1.807, 2.05) is 6.92 Å². The molecule has 1 N–H and O–H groups in total. The highest BCUT2D eigenvalue weighted by molar-refractivity contribution is 5.91. The van der Waals surface area contributed by atoms with E-state index in [-0.39, 0.29) is 36.4 Å². The number of rotatable bonds is 3. The Kier molecular flexibility index (Phi) is 9.10. The van der Waals surface area contributed by atoms with Gasteiger partial charge in [0, 0.05) is 18.4 Å². The number of methoxy groups -OCH3 is 2. The van der Waals surface area contributed by atoms with Gasteiger partial charge < -0.3 is 29.2 Å². The molecule has 1 saturated heterocycles. The van der Waals surface area contributed by atoms with Crippen molar-refractivity contribution in [3.63, 3.8) is 0 Å². The first kappa shape index (κ1) is 32.6. The van der Waals surface area contributed by atoms with Gasteiger partial charge in [0.2, 0.25) is 11.8 Å². The van der Waals surface area contributed by atoms with Crippen LogP contribution >= 0.6 is 0 Å². The maximum Gasteiger partial charge on any atom is 0.408 e. The lowest BCUT2D eigenvalue weighted by Gasteiger charge is -2.35. The summed E-state index contributed by atoms with van der Waals surface area (Å²) >= 11 is 0. The van der Waals surface area contributed by atoms with E-state index in [0.29, 0.717) is 36.9 Å². The second-order valence-electron chi connectivity index (χ2n) is 13.3. The molecule has 11 nitrogen and oxygen atoms in total. The van der Waals surface area contributed by atoms with Crippen molar-refractivity contribution in [2.75, 3.05) is 20.8 Å². The summed E-state index contributed by atoms with van der Waals surface area (Å²) in [5.74, 6) is -5.05. The molecule has 1 aliphatic carbocycles. The van der Waals surface area contributed by atoms with Gasteiger partial charge in [-0.2, -0.15) is 8.78 Å². The average Bonchev–Trinajstić information content (AvgIpc) is 3.62. The van der Waals surface area contributed by atoms with E-state index in [9.17, 15) is 14.4 Å². The summed E-state index contributed by atoms with van der Waals surface area (Å²) in [6, 6.07) is 2.62. The predicted molar refractivity (Wildman–Crippen MR) is 159 cm³/mol. The minimum absolute atomic E-state index is 0.0646. The number of nitrogens with one attached hydrogen (secondary N) is 1. The number of alkyl halides is 2. The van der Waals surface area contributed by atoms with Crippen molar-refractivity contribution in [3.8, 4) is 11.6 Å². The van der Waals surface area contributed by atoms with E-state index < -0.39 is 65.5 Å². The van der Waals surface area contributed by atoms with Gasteiger partial charge in [0.25, 0.3) is 5.92 Å². The topological polar surface area (TPSA) is 129 Å². The van der Waals surface area contributed by atoms with Crippen LogP contribution in [0.15, 0.2) is 18.2 Å². The minimum atomic E-state index is -3.38. The molecule has 3 aliphatic rings. The van der Waals surface area contributed by atoms with Crippen LogP contribution < -0.4 is 14.8 Å². The Morgan fingerprint density at radius 3 is 2.53 bits per heavy atom. The van der Waals surface area contributed by atoms with Crippen LogP contribution in [-0.4, -0.2) is 77.9 Å². The molecule has 246 valence electrons. The highest BCUT2D eigenvalue weighted by atomic mass is 19.3. The molecule has 2 fully saturated rings. The summed E-state index contributed by atoms with van der Waals surface area (Å²) in [5, 5.41) is 2.74. The molecule has 1 aromatic heterocycles. The molecule has 6 atom stereocenters. The van der Waals surface area contributed by atoms with E-state index in [4.69, 9.17) is 18.9 Å². The molecule has 1 aromatic carbocycles. The summed E-state index contributed by atoms with van der Waals surface area (Å²) in [6.45, 7) is 7.07. The molecule has 2 aliphatic heterocycles. The number of aromatic nitrogens is 2. The molecule has 2 bridgehead atoms. The van der Waals surface area contributed by atoms with E-state index >= 15 is 8.78 Å². The van der Waals surface area contributed by atoms with Crippen LogP contribution in [0.3, 0.4) is 0 Å². The van der Waals surface area contributed by atoms with Crippen molar-refractivity contribution in [2.24, 2.45) is 17.3 Å². The standard InChI is InChI=1S/C32H42F2N4O7/c1-7-19-23-16-38(24(19)29(40)43-6)28(39)26(31(2,3)4)37-30(41)45-22-14-17(22)10-8-9-13-32(33,34)25-27(44-23)36-21-15-18(42-5)11-12-20(21)35-25/h11-12,15,17,19,22-24,26H,7-10,13-14,16H2,1-6H3,(H,37,41)/t17-,19+,22?,23-,24-,26+/m0/s1. The van der Waals surface area contributed by atoms with Crippen LogP contribution in [0.4, 0.5) is 13.6 Å². The number of benzene rings is 1. The molecule has 0 spiro atoms. The lowest BCUT2D eigenvalue weighted by atomic mass is 9.85. The van der Waals surface area contributed by atoms with Crippen molar-refractivity contribution in [2.45, 2.75) is 96.4 Å². The van der Waals surface area contributed by atoms with E-state index in [2.05, 4.69) is 15.3 Å². The fraction of sp³-hybridized carbons (Fsp3) is 0.656. The van der Waals surface area contributed by atoms with Crippen molar-refractivity contribution < 1.29 is 42.1 Å². The zero-order valence-electron chi connectivity index (χ0n) is 26.6. The molecule has 2 amide bonds. The number of ether oxygens (including phenoxy) is 4. The molecule has 5 rings (SSSR count). The molecule has 13 heteroatoms. The molecule has 1 unspecified atom stereocenters. The normalized spacial score (nSPS) is 28.8. The summed E-state index contributed by atoms with van der Waals surface area (Å²) in [6.07, 6.45) is -0.136. The fourth-order valence-electron chi connectivity index (χ4n) is 6.39. The van der Waals surface area contributed by atoms with Crippen LogP contribution in [0.1, 0.15) is 71.9 Å². The number of fused-ring (bicyclic) bond motifs is 5. The van der Waals surface area contributed by atoms with Crippen LogP contribution in [0.5, 0.6) is 11.6 Å². The third-order valence-corrected chi connectivity index (χ3v) is 9.05. The maximum atomic E-state index is 16.0. The van der Waals surface area contributed by atoms with Gasteiger partial charge >= 0.3 is 12.1 Å². The Morgan fingerprint density at radius 1 is 1.11 bits per heavy atom. The smallest absolute Gasteiger partial charge is 0.408 e. The Labute approximate surface area is 261 Å². The van der Waals surface area contributed by atoms with Crippen LogP contribution in [0.25, 0.3) is 11.0 Å². The van der Waals surface area contributed by atoms with Crippen molar-refractivity contribution in [1.29, 1.82) is 0 Å². The molecule has 0 radical (unpaired) electrons. The number of hydrogen-bond acceptors (Lipinski definition) is 9. The van der Waals surface area contributed by atoms with Crippen molar-refractivity contribution in [1.82, 2.24) is 20.2 Å². The first-order valence-electron chi connectivity index (χ1n) is 15.5. The molecular weight excluding hydrogens is 590 g/mol. The van der Waals surface area contributed by atoms with Gasteiger partial charge in [-0.3, -0.25) is 4.79 Å². The van der Waals surface area contributed by atoms with Crippen LogP contribution in [-0.2, 0) is 25.0 Å². The van der Waals surface area contributed by atoms with Gasteiger partial charge in [-0.25, -0.2) is 19.6 Å². The Morgan fingerprint density at radius 2 is 1.87 bits per heavy atom. The van der Waals surface area contributed by atoms with E-state index in [0.717, 1.165) is 0 Å². The highest BCUT2D eigenvalue weighted by Crippen LogP contribution is 2.43. The fourth-order valence-corrected chi connectivity index (χ4v) is 6.39. The van der Waals surface area contributed by atoms with E-state index in [1.165, 1.54) is 19.1 Å². The second kappa shape index (κ2) is 12.6. The number of halogens is 2. The van der Waals surface area contributed by atoms with Gasteiger partial charge in [-0.05, 0) is 49.1 Å². The predicted octanol–water partition coefficient (Wildman–Crippen LogP) is 4.99. The lowest BCUT2D eigenvalue weighted by molar-refractivity contribution is -0.154. The van der Waals surface area contributed by atoms with Gasteiger partial charge in [-0.15, -0.1) is 0 Å². The van der Waals surface area contributed by atoms with Gasteiger partial charge in [-0.1, -0.05) is 34.1 Å². The summed E-state index contributed by atoms with van der Waals surface area (Å²) < 4.78 is 54.2. The summed E-state index contributed by atoms with van der Waals surface area (Å²) in [4.78, 5) is 50.5. The molecule has 3 heterocycles. The van der Waals surface area contributed by atoms with Crippen molar-refractivity contribution in [3.05, 3.63) is 23.9 Å². The first-order chi connectivity index (χ1) is 21.3. The Bertz CT molecular complexity index is 1450. The Hall–Kier alpha value is -3.77. The summed E-state index contributed by atoms with van der Waals surface area (Å²) in [5.41, 5.74) is -0.809. The van der Waals surface area contributed by atoms with Gasteiger partial charge in [0.05, 0.1) is 31.8 Å². The average molecular weight is 633 g/mol. The minimum Gasteiger partial charge on any atom is -0.497 e. The number of esters is 1. The number of amides is 2. The van der Waals surface area contributed by atoms with Gasteiger partial charge in [0.15, 0.2) is 5.69 Å². The quantitative estimate of drug-likeness (QED) is 0.465. The summed E-state index contributed by atoms with van der Waals surface area (Å²) in [7, 11) is 2.71. The second-order valence-corrected chi connectivity index (χ2v) is 13.3. The SMILES string of the molecule is CC[C@@H]1[C@@H]2CN(C(=O)[C@H](C(C)(C)C)NC(=O)OC3C[C@@H]3CCCCC(F)(F)c3nc4ccc(OC)cc4nc3O2)[C@@H]1C(=O)OC. The third kappa shape index (κ3) is 6.76. The number of nitrogens with zero attached hydrogens (tertiary/aromatic N) is 3. The first-order valence-corrected chi connectivity index (χ1v) is 15.5. The van der Waals surface area contributed by atoms with Crippen molar-refractivity contribution >= 4 is 29.0 Å².